The van der Waals surface area contributed by atoms with Crippen LogP contribution in [0.3, 0.4) is 0 Å². The Kier molecular flexibility index (Phi) is 4.30. The molecule has 20 heavy (non-hydrogen) atoms. The highest BCUT2D eigenvalue weighted by molar-refractivity contribution is 5.94. The average Bonchev–Trinajstić information content (AvgIpc) is 2.38. The largest absolute Gasteiger partial charge is 0.393 e. The van der Waals surface area contributed by atoms with E-state index in [4.69, 9.17) is 0 Å². The molecule has 2 nitrogen and oxygen atoms in total. The number of hydrogen-bond acceptors (Lipinski definition) is 1. The summed E-state index contributed by atoms with van der Waals surface area (Å²) in [7, 11) is 0. The third kappa shape index (κ3) is 3.29. The van der Waals surface area contributed by atoms with E-state index in [1.807, 2.05) is 0 Å². The van der Waals surface area contributed by atoms with Gasteiger partial charge in [-0.25, -0.2) is 4.39 Å². The van der Waals surface area contributed by atoms with Crippen LogP contribution in [0.1, 0.15) is 36.0 Å². The molecule has 0 aliphatic heterocycles. The van der Waals surface area contributed by atoms with Crippen LogP contribution in [-0.2, 0) is 0 Å². The van der Waals surface area contributed by atoms with Crippen LogP contribution in [0.5, 0.6) is 0 Å². The SMILES string of the molecule is O=C(N[C@H]1CCCC[C@H]1C(F)(F)F)c1ccccc1F. The molecule has 2 rings (SSSR count). The first-order valence-corrected chi connectivity index (χ1v) is 6.51. The standard InChI is InChI=1S/C14H15F4NO/c15-11-7-3-1-5-9(11)13(20)19-12-8-4-2-6-10(12)14(16,17)18/h1,3,5,7,10,12H,2,4,6,8H2,(H,19,20)/t10-,12+/m1/s1. The summed E-state index contributed by atoms with van der Waals surface area (Å²) in [6, 6.07) is 4.29. The molecule has 1 N–H and O–H groups in total. The Balaban J connectivity index is 2.11. The summed E-state index contributed by atoms with van der Waals surface area (Å²) in [5.74, 6) is -3.07. The maximum Gasteiger partial charge on any atom is 0.393 e. The fraction of sp³-hybridized carbons (Fsp3) is 0.500. The molecule has 110 valence electrons. The van der Waals surface area contributed by atoms with Crippen LogP contribution in [0.25, 0.3) is 0 Å². The van der Waals surface area contributed by atoms with E-state index in [1.54, 1.807) is 0 Å². The quantitative estimate of drug-likeness (QED) is 0.827. The molecule has 2 atom stereocenters. The molecular weight excluding hydrogens is 274 g/mol. The van der Waals surface area contributed by atoms with Gasteiger partial charge in [0.05, 0.1) is 11.5 Å². The van der Waals surface area contributed by atoms with Gasteiger partial charge in [0.15, 0.2) is 0 Å². The van der Waals surface area contributed by atoms with Crippen LogP contribution >= 0.6 is 0 Å². The van der Waals surface area contributed by atoms with E-state index < -0.39 is 29.9 Å². The van der Waals surface area contributed by atoms with Gasteiger partial charge < -0.3 is 5.32 Å². The summed E-state index contributed by atoms with van der Waals surface area (Å²) >= 11 is 0. The summed E-state index contributed by atoms with van der Waals surface area (Å²) in [4.78, 5) is 11.9. The van der Waals surface area contributed by atoms with E-state index in [0.717, 1.165) is 6.07 Å². The first kappa shape index (κ1) is 14.8. The minimum atomic E-state index is -4.34. The van der Waals surface area contributed by atoms with Gasteiger partial charge in [-0.1, -0.05) is 25.0 Å². The second-order valence-corrected chi connectivity index (χ2v) is 4.99. The van der Waals surface area contributed by atoms with E-state index in [1.165, 1.54) is 18.2 Å². The number of nitrogens with one attached hydrogen (secondary N) is 1. The summed E-state index contributed by atoms with van der Waals surface area (Å²) < 4.78 is 52.1. The predicted molar refractivity (Wildman–Crippen MR) is 65.7 cm³/mol. The third-order valence-corrected chi connectivity index (χ3v) is 3.62. The van der Waals surface area contributed by atoms with Gasteiger partial charge in [-0.3, -0.25) is 4.79 Å². The fourth-order valence-electron chi connectivity index (χ4n) is 2.59. The molecule has 1 aromatic rings. The number of amides is 1. The molecular formula is C14H15F4NO. The molecule has 1 saturated carbocycles. The van der Waals surface area contributed by atoms with Crippen molar-refractivity contribution in [3.63, 3.8) is 0 Å². The zero-order valence-corrected chi connectivity index (χ0v) is 10.7. The highest BCUT2D eigenvalue weighted by atomic mass is 19.4. The van der Waals surface area contributed by atoms with Crippen LogP contribution in [0.4, 0.5) is 17.6 Å². The van der Waals surface area contributed by atoms with Crippen LogP contribution < -0.4 is 5.32 Å². The van der Waals surface area contributed by atoms with Gasteiger partial charge in [0.1, 0.15) is 5.82 Å². The minimum Gasteiger partial charge on any atom is -0.349 e. The van der Waals surface area contributed by atoms with Crippen LogP contribution in [0.2, 0.25) is 0 Å². The summed E-state index contributed by atoms with van der Waals surface area (Å²) in [6.07, 6.45) is -2.94. The van der Waals surface area contributed by atoms with Crippen LogP contribution in [-0.4, -0.2) is 18.1 Å². The molecule has 0 aromatic heterocycles. The maximum atomic E-state index is 13.4. The van der Waals surface area contributed by atoms with E-state index >= 15 is 0 Å². The fourth-order valence-corrected chi connectivity index (χ4v) is 2.59. The smallest absolute Gasteiger partial charge is 0.349 e. The van der Waals surface area contributed by atoms with Gasteiger partial charge in [-0.2, -0.15) is 13.2 Å². The topological polar surface area (TPSA) is 29.1 Å². The molecule has 0 bridgehead atoms. The Morgan fingerprint density at radius 3 is 2.45 bits per heavy atom. The van der Waals surface area contributed by atoms with Crippen molar-refractivity contribution in [3.8, 4) is 0 Å². The van der Waals surface area contributed by atoms with E-state index in [-0.39, 0.29) is 18.4 Å². The Labute approximate surface area is 114 Å². The van der Waals surface area contributed by atoms with Gasteiger partial charge in [0.25, 0.3) is 5.91 Å². The van der Waals surface area contributed by atoms with Crippen molar-refractivity contribution in [1.29, 1.82) is 0 Å². The van der Waals surface area contributed by atoms with Gasteiger partial charge in [0, 0.05) is 6.04 Å². The third-order valence-electron chi connectivity index (χ3n) is 3.62. The zero-order chi connectivity index (χ0) is 14.8. The average molecular weight is 289 g/mol. The summed E-state index contributed by atoms with van der Waals surface area (Å²) in [5.41, 5.74) is -0.223. The first-order chi connectivity index (χ1) is 9.39. The van der Waals surface area contributed by atoms with E-state index in [9.17, 15) is 22.4 Å². The minimum absolute atomic E-state index is 0.00567. The number of benzene rings is 1. The summed E-state index contributed by atoms with van der Waals surface area (Å²) in [5, 5.41) is 2.33. The van der Waals surface area contributed by atoms with Crippen LogP contribution in [0, 0.1) is 11.7 Å². The molecule has 6 heteroatoms. The number of alkyl halides is 3. The van der Waals surface area contributed by atoms with E-state index in [2.05, 4.69) is 5.32 Å². The van der Waals surface area contributed by atoms with E-state index in [0.29, 0.717) is 12.8 Å². The van der Waals surface area contributed by atoms with Crippen molar-refractivity contribution in [3.05, 3.63) is 35.6 Å². The lowest BCUT2D eigenvalue weighted by Crippen LogP contribution is -2.47. The number of halogens is 4. The first-order valence-electron chi connectivity index (χ1n) is 6.51. The lowest BCUT2D eigenvalue weighted by atomic mass is 9.84. The number of carbonyl (C=O) groups is 1. The molecule has 0 spiro atoms. The van der Waals surface area contributed by atoms with Gasteiger partial charge in [0.2, 0.25) is 0 Å². The van der Waals surface area contributed by atoms with Crippen molar-refractivity contribution < 1.29 is 22.4 Å². The van der Waals surface area contributed by atoms with Gasteiger partial charge in [-0.05, 0) is 25.0 Å². The normalized spacial score (nSPS) is 23.4. The molecule has 1 aliphatic rings. The van der Waals surface area contributed by atoms with Crippen molar-refractivity contribution in [2.24, 2.45) is 5.92 Å². The maximum absolute atomic E-state index is 13.4. The van der Waals surface area contributed by atoms with Crippen molar-refractivity contribution in [2.75, 3.05) is 0 Å². The molecule has 0 saturated heterocycles. The van der Waals surface area contributed by atoms with Crippen molar-refractivity contribution in [2.45, 2.75) is 37.9 Å². The second kappa shape index (κ2) is 5.81. The lowest BCUT2D eigenvalue weighted by molar-refractivity contribution is -0.187. The lowest BCUT2D eigenvalue weighted by Gasteiger charge is -2.33. The predicted octanol–water partition coefficient (Wildman–Crippen LogP) is 3.68. The molecule has 0 radical (unpaired) electrons. The van der Waals surface area contributed by atoms with Crippen molar-refractivity contribution in [1.82, 2.24) is 5.32 Å². The van der Waals surface area contributed by atoms with Gasteiger partial charge >= 0.3 is 6.18 Å². The second-order valence-electron chi connectivity index (χ2n) is 4.99. The number of carbonyl (C=O) groups excluding carboxylic acids is 1. The highest BCUT2D eigenvalue weighted by Gasteiger charge is 2.46. The molecule has 1 fully saturated rings. The summed E-state index contributed by atoms with van der Waals surface area (Å²) in [6.45, 7) is 0. The van der Waals surface area contributed by atoms with Crippen molar-refractivity contribution >= 4 is 5.91 Å². The van der Waals surface area contributed by atoms with Gasteiger partial charge in [-0.15, -0.1) is 0 Å². The molecule has 1 aromatic carbocycles. The molecule has 1 aliphatic carbocycles. The van der Waals surface area contributed by atoms with Crippen LogP contribution in [0.15, 0.2) is 24.3 Å². The molecule has 0 heterocycles. The number of hydrogen-bond donors (Lipinski definition) is 1. The zero-order valence-electron chi connectivity index (χ0n) is 10.7. The number of rotatable bonds is 2. The molecule has 1 amide bonds. The Morgan fingerprint density at radius 1 is 1.15 bits per heavy atom. The Morgan fingerprint density at radius 2 is 1.80 bits per heavy atom. The highest BCUT2D eigenvalue weighted by Crippen LogP contribution is 2.37. The Hall–Kier alpha value is -1.59. The Bertz CT molecular complexity index is 486. The molecule has 0 unspecified atom stereocenters. The monoisotopic (exact) mass is 289 g/mol.